The molecule has 0 aliphatic rings. The minimum absolute atomic E-state index is 0.0822. The van der Waals surface area contributed by atoms with Gasteiger partial charge in [0.2, 0.25) is 0 Å². The molecule has 0 amide bonds. The third kappa shape index (κ3) is 10.3. The van der Waals surface area contributed by atoms with Gasteiger partial charge >= 0.3 is 37.1 Å². The lowest BCUT2D eigenvalue weighted by molar-refractivity contribution is -0.145. The predicted molar refractivity (Wildman–Crippen MR) is 153 cm³/mol. The number of alkyl halides is 18. The van der Waals surface area contributed by atoms with E-state index in [0.29, 0.717) is 0 Å². The van der Waals surface area contributed by atoms with Crippen LogP contribution in [0, 0.1) is 0 Å². The molecule has 4 aromatic carbocycles. The van der Waals surface area contributed by atoms with Gasteiger partial charge in [-0.3, -0.25) is 0 Å². The van der Waals surface area contributed by atoms with Crippen LogP contribution in [0.1, 0.15) is 33.4 Å². The summed E-state index contributed by atoms with van der Waals surface area (Å²) in [5.41, 5.74) is -5.32. The Balaban J connectivity index is 1.94. The number of nitrogen functional groups attached to an aromatic ring is 1. The van der Waals surface area contributed by atoms with Crippen LogP contribution in [0.15, 0.2) is 96.1 Å². The van der Waals surface area contributed by atoms with Gasteiger partial charge in [0, 0.05) is 29.4 Å². The van der Waals surface area contributed by atoms with Crippen molar-refractivity contribution >= 4 is 41.0 Å². The van der Waals surface area contributed by atoms with Crippen LogP contribution in [0.2, 0.25) is 0 Å². The fourth-order valence-corrected chi connectivity index (χ4v) is 7.43. The van der Waals surface area contributed by atoms with E-state index in [-0.39, 0.29) is 89.9 Å². The number of anilines is 1. The molecule has 282 valence electrons. The van der Waals surface area contributed by atoms with Gasteiger partial charge in [-0.1, -0.05) is 35.3 Å². The Morgan fingerprint density at radius 3 is 0.692 bits per heavy atom. The lowest BCUT2D eigenvalue weighted by atomic mass is 10.1. The van der Waals surface area contributed by atoms with Crippen LogP contribution in [0.25, 0.3) is 0 Å². The fourth-order valence-electron chi connectivity index (χ4n) is 4.15. The van der Waals surface area contributed by atoms with Crippen molar-refractivity contribution in [3.8, 4) is 0 Å². The lowest BCUT2D eigenvalue weighted by Gasteiger charge is -2.18. The average molecular weight is 826 g/mol. The van der Waals surface area contributed by atoms with Crippen molar-refractivity contribution in [1.29, 1.82) is 0 Å². The molecule has 4 aromatic rings. The van der Waals surface area contributed by atoms with Gasteiger partial charge in [0.15, 0.2) is 0 Å². The first kappa shape index (κ1) is 41.2. The Kier molecular flexibility index (Phi) is 11.1. The van der Waals surface area contributed by atoms with E-state index in [9.17, 15) is 79.0 Å². The highest BCUT2D eigenvalue weighted by Gasteiger charge is 2.40. The van der Waals surface area contributed by atoms with E-state index >= 15 is 0 Å². The normalized spacial score (nSPS) is 13.5. The number of halogens is 18. The summed E-state index contributed by atoms with van der Waals surface area (Å²) in [7, 11) is 0. The van der Waals surface area contributed by atoms with Crippen molar-refractivity contribution < 1.29 is 79.0 Å². The molecule has 0 saturated heterocycles. The van der Waals surface area contributed by atoms with Gasteiger partial charge in [0.25, 0.3) is 0 Å². The van der Waals surface area contributed by atoms with Crippen molar-refractivity contribution in [2.45, 2.75) is 66.4 Å². The first-order valence-corrected chi connectivity index (χ1v) is 15.7. The Labute approximate surface area is 291 Å². The molecule has 0 saturated carbocycles. The molecular formula is C30H13F18NS3. The van der Waals surface area contributed by atoms with Crippen LogP contribution in [-0.2, 0) is 37.1 Å². The maximum Gasteiger partial charge on any atom is 0.416 e. The quantitative estimate of drug-likeness (QED) is 0.155. The fraction of sp³-hybridized carbons (Fsp3) is 0.200. The third-order valence-corrected chi connectivity index (χ3v) is 9.45. The summed E-state index contributed by atoms with van der Waals surface area (Å²) < 4.78 is 243. The third-order valence-electron chi connectivity index (χ3n) is 6.45. The topological polar surface area (TPSA) is 26.0 Å². The zero-order chi connectivity index (χ0) is 39.4. The van der Waals surface area contributed by atoms with Crippen molar-refractivity contribution in [2.75, 3.05) is 5.73 Å². The minimum atomic E-state index is -5.33. The number of rotatable bonds is 6. The van der Waals surface area contributed by atoms with E-state index in [4.69, 9.17) is 5.73 Å². The van der Waals surface area contributed by atoms with Gasteiger partial charge in [-0.2, -0.15) is 79.0 Å². The summed E-state index contributed by atoms with van der Waals surface area (Å²) in [5.74, 6) is 0. The molecule has 0 aliphatic carbocycles. The Morgan fingerprint density at radius 1 is 0.288 bits per heavy atom. The first-order valence-electron chi connectivity index (χ1n) is 13.3. The van der Waals surface area contributed by atoms with Gasteiger partial charge in [-0.05, 0) is 66.7 Å². The Hall–Kier alpha value is -3.53. The molecule has 0 aromatic heterocycles. The van der Waals surface area contributed by atoms with Crippen LogP contribution in [0.4, 0.5) is 84.7 Å². The van der Waals surface area contributed by atoms with Crippen LogP contribution >= 0.6 is 35.3 Å². The molecule has 52 heavy (non-hydrogen) atoms. The molecule has 2 N–H and O–H groups in total. The molecule has 0 bridgehead atoms. The van der Waals surface area contributed by atoms with Crippen molar-refractivity contribution in [2.24, 2.45) is 0 Å². The van der Waals surface area contributed by atoms with E-state index in [1.54, 1.807) is 0 Å². The molecule has 4 rings (SSSR count). The van der Waals surface area contributed by atoms with Crippen LogP contribution < -0.4 is 5.73 Å². The molecule has 0 heterocycles. The van der Waals surface area contributed by atoms with Crippen LogP contribution in [-0.4, -0.2) is 0 Å². The molecule has 1 nitrogen and oxygen atoms in total. The highest BCUT2D eigenvalue weighted by atomic mass is 32.2. The van der Waals surface area contributed by atoms with Gasteiger partial charge < -0.3 is 5.73 Å². The van der Waals surface area contributed by atoms with Crippen molar-refractivity contribution in [1.82, 2.24) is 0 Å². The van der Waals surface area contributed by atoms with E-state index in [0.717, 1.165) is 12.1 Å². The maximum absolute atomic E-state index is 13.5. The van der Waals surface area contributed by atoms with Gasteiger partial charge in [0.05, 0.1) is 39.1 Å². The highest BCUT2D eigenvalue weighted by molar-refractivity contribution is 8.01. The monoisotopic (exact) mass is 825 g/mol. The van der Waals surface area contributed by atoms with E-state index < -0.39 is 105 Å². The van der Waals surface area contributed by atoms with Gasteiger partial charge in [-0.15, -0.1) is 0 Å². The maximum atomic E-state index is 13.5. The summed E-state index contributed by atoms with van der Waals surface area (Å²) in [5, 5.41) is 0. The van der Waals surface area contributed by atoms with E-state index in [2.05, 4.69) is 0 Å². The summed E-state index contributed by atoms with van der Waals surface area (Å²) in [6.07, 6.45) is -32.0. The summed E-state index contributed by atoms with van der Waals surface area (Å²) in [6.45, 7) is 0. The van der Waals surface area contributed by atoms with Gasteiger partial charge in [0.1, 0.15) is 0 Å². The first-order chi connectivity index (χ1) is 23.4. The minimum Gasteiger partial charge on any atom is -0.397 e. The van der Waals surface area contributed by atoms with Crippen LogP contribution in [0.5, 0.6) is 0 Å². The van der Waals surface area contributed by atoms with E-state index in [1.807, 2.05) is 0 Å². The molecule has 0 radical (unpaired) electrons. The number of benzene rings is 4. The van der Waals surface area contributed by atoms with Crippen molar-refractivity contribution in [3.05, 3.63) is 100 Å². The zero-order valence-corrected chi connectivity index (χ0v) is 26.9. The number of hydrogen-bond donors (Lipinski definition) is 1. The number of hydrogen-bond acceptors (Lipinski definition) is 4. The second-order valence-electron chi connectivity index (χ2n) is 10.4. The SMILES string of the molecule is Nc1c(Sc2cc(C(F)(F)F)cc(C(F)(F)F)c2)cc(Sc2cc(C(F)(F)F)cc(C(F)(F)F)c2)cc1Sc1cc(C(F)(F)F)cc(C(F)(F)F)c1. The van der Waals surface area contributed by atoms with E-state index in [1.165, 1.54) is 0 Å². The summed E-state index contributed by atoms with van der Waals surface area (Å²) in [6, 6.07) is 2.53. The molecule has 22 heteroatoms. The van der Waals surface area contributed by atoms with Crippen LogP contribution in [0.3, 0.4) is 0 Å². The van der Waals surface area contributed by atoms with Crippen molar-refractivity contribution in [3.63, 3.8) is 0 Å². The molecule has 0 spiro atoms. The lowest BCUT2D eigenvalue weighted by Crippen LogP contribution is -2.11. The summed E-state index contributed by atoms with van der Waals surface area (Å²) >= 11 is 0.298. The second kappa shape index (κ2) is 14.0. The summed E-state index contributed by atoms with van der Waals surface area (Å²) in [4.78, 5) is -3.84. The number of nitrogens with two attached hydrogens (primary N) is 1. The second-order valence-corrected chi connectivity index (χ2v) is 13.7. The predicted octanol–water partition coefficient (Wildman–Crippen LogP) is 13.8. The smallest absolute Gasteiger partial charge is 0.397 e. The molecule has 0 aliphatic heterocycles. The molecule has 0 unspecified atom stereocenters. The Bertz CT molecular complexity index is 1760. The molecule has 0 atom stereocenters. The molecule has 0 fully saturated rings. The Morgan fingerprint density at radius 2 is 0.481 bits per heavy atom. The van der Waals surface area contributed by atoms with Gasteiger partial charge in [-0.25, -0.2) is 0 Å². The standard InChI is InChI=1S/C30H13F18NS3/c31-25(32,33)12-1-13(26(34,35)36)5-18(4-12)50-21-10-22(51-19-6-14(27(37,38)39)2-15(7-19)28(40,41)42)24(49)23(11-21)52-20-8-16(29(43,44)45)3-17(9-20)30(46,47)48/h1-11H,49H2. The average Bonchev–Trinajstić information content (AvgIpc) is 2.96. The largest absolute Gasteiger partial charge is 0.416 e. The highest BCUT2D eigenvalue weighted by Crippen LogP contribution is 2.48. The zero-order valence-electron chi connectivity index (χ0n) is 24.5. The molecular weight excluding hydrogens is 813 g/mol.